The zero-order valence-corrected chi connectivity index (χ0v) is 21.7. The highest BCUT2D eigenvalue weighted by Gasteiger charge is 2.37. The fourth-order valence-electron chi connectivity index (χ4n) is 4.79. The van der Waals surface area contributed by atoms with Crippen molar-refractivity contribution >= 4 is 0 Å². The SMILES string of the molecule is CCc1ccc(OC(c2ccc(CO)c(CO)c2)C(O)(CC)CC)cc1-c1ccccc1C(C)C. The van der Waals surface area contributed by atoms with Gasteiger partial charge in [0, 0.05) is 0 Å². The summed E-state index contributed by atoms with van der Waals surface area (Å²) in [4.78, 5) is 0. The molecule has 0 radical (unpaired) electrons. The Labute approximate surface area is 210 Å². The standard InChI is InChI=1S/C31H40O4/c1-6-22-15-16-26(18-29(22)28-12-10-9-11-27(28)21(4)5)35-30(31(34,7-2)8-3)23-13-14-24(19-32)25(17-23)20-33/h9-18,21,30,32-34H,6-8,19-20H2,1-5H3. The van der Waals surface area contributed by atoms with Gasteiger partial charge in [-0.25, -0.2) is 0 Å². The number of ether oxygens (including phenoxy) is 1. The highest BCUT2D eigenvalue weighted by atomic mass is 16.5. The minimum atomic E-state index is -1.09. The van der Waals surface area contributed by atoms with Crippen molar-refractivity contribution in [2.24, 2.45) is 0 Å². The minimum Gasteiger partial charge on any atom is -0.483 e. The van der Waals surface area contributed by atoms with Crippen LogP contribution in [0, 0.1) is 0 Å². The second kappa shape index (κ2) is 11.9. The molecule has 0 aliphatic carbocycles. The maximum Gasteiger partial charge on any atom is 0.152 e. The third-order valence-corrected chi connectivity index (χ3v) is 7.18. The van der Waals surface area contributed by atoms with E-state index in [4.69, 9.17) is 4.74 Å². The Bertz CT molecular complexity index is 1110. The molecule has 3 rings (SSSR count). The number of benzene rings is 3. The number of aliphatic hydroxyl groups is 3. The van der Waals surface area contributed by atoms with Crippen LogP contribution in [-0.4, -0.2) is 20.9 Å². The van der Waals surface area contributed by atoms with Crippen LogP contribution >= 0.6 is 0 Å². The van der Waals surface area contributed by atoms with Gasteiger partial charge in [0.2, 0.25) is 0 Å². The highest BCUT2D eigenvalue weighted by molar-refractivity contribution is 5.72. The van der Waals surface area contributed by atoms with Gasteiger partial charge in [0.05, 0.1) is 13.2 Å². The van der Waals surface area contributed by atoms with Gasteiger partial charge in [0.25, 0.3) is 0 Å². The molecule has 4 heteroatoms. The summed E-state index contributed by atoms with van der Waals surface area (Å²) in [5.41, 5.74) is 5.90. The molecule has 35 heavy (non-hydrogen) atoms. The zero-order chi connectivity index (χ0) is 25.6. The van der Waals surface area contributed by atoms with E-state index in [-0.39, 0.29) is 13.2 Å². The molecule has 3 aromatic carbocycles. The molecule has 0 aromatic heterocycles. The van der Waals surface area contributed by atoms with Crippen molar-refractivity contribution in [3.05, 3.63) is 88.5 Å². The maximum absolute atomic E-state index is 11.6. The highest BCUT2D eigenvalue weighted by Crippen LogP contribution is 2.39. The Balaban J connectivity index is 2.12. The minimum absolute atomic E-state index is 0.148. The van der Waals surface area contributed by atoms with E-state index in [0.717, 1.165) is 17.5 Å². The van der Waals surface area contributed by atoms with Gasteiger partial charge in [-0.1, -0.05) is 77.1 Å². The third-order valence-electron chi connectivity index (χ3n) is 7.18. The second-order valence-corrected chi connectivity index (χ2v) is 9.57. The van der Waals surface area contributed by atoms with E-state index in [2.05, 4.69) is 57.2 Å². The van der Waals surface area contributed by atoms with Crippen LogP contribution in [0.3, 0.4) is 0 Å². The summed E-state index contributed by atoms with van der Waals surface area (Å²) in [5.74, 6) is 1.08. The van der Waals surface area contributed by atoms with Gasteiger partial charge in [0.1, 0.15) is 11.4 Å². The lowest BCUT2D eigenvalue weighted by Crippen LogP contribution is -2.38. The molecular formula is C31H40O4. The first-order valence-corrected chi connectivity index (χ1v) is 12.8. The van der Waals surface area contributed by atoms with Crippen molar-refractivity contribution < 1.29 is 20.1 Å². The normalized spacial score (nSPS) is 12.7. The fraction of sp³-hybridized carbons (Fsp3) is 0.419. The Morgan fingerprint density at radius 2 is 1.43 bits per heavy atom. The van der Waals surface area contributed by atoms with Crippen molar-refractivity contribution in [3.63, 3.8) is 0 Å². The molecule has 0 aliphatic rings. The predicted octanol–water partition coefficient (Wildman–Crippen LogP) is 6.70. The van der Waals surface area contributed by atoms with E-state index < -0.39 is 11.7 Å². The van der Waals surface area contributed by atoms with Crippen LogP contribution in [0.1, 0.15) is 87.3 Å². The van der Waals surface area contributed by atoms with Crippen molar-refractivity contribution in [2.75, 3.05) is 0 Å². The fourth-order valence-corrected chi connectivity index (χ4v) is 4.79. The van der Waals surface area contributed by atoms with Crippen molar-refractivity contribution in [1.82, 2.24) is 0 Å². The molecule has 4 nitrogen and oxygen atoms in total. The number of hydrogen-bond acceptors (Lipinski definition) is 4. The Hall–Kier alpha value is -2.66. The molecule has 0 amide bonds. The van der Waals surface area contributed by atoms with Gasteiger partial charge in [0.15, 0.2) is 6.10 Å². The largest absolute Gasteiger partial charge is 0.483 e. The number of aliphatic hydroxyl groups excluding tert-OH is 2. The van der Waals surface area contributed by atoms with Crippen LogP contribution in [0.4, 0.5) is 0 Å². The van der Waals surface area contributed by atoms with Crippen molar-refractivity contribution in [1.29, 1.82) is 0 Å². The lowest BCUT2D eigenvalue weighted by atomic mass is 9.85. The third kappa shape index (κ3) is 5.78. The molecule has 0 saturated carbocycles. The zero-order valence-electron chi connectivity index (χ0n) is 21.7. The lowest BCUT2D eigenvalue weighted by Gasteiger charge is -2.35. The molecule has 3 aromatic rings. The first-order chi connectivity index (χ1) is 16.8. The molecular weight excluding hydrogens is 436 g/mol. The summed E-state index contributed by atoms with van der Waals surface area (Å²) in [7, 11) is 0. The van der Waals surface area contributed by atoms with Crippen LogP contribution in [0.25, 0.3) is 11.1 Å². The Morgan fingerprint density at radius 3 is 2.03 bits per heavy atom. The second-order valence-electron chi connectivity index (χ2n) is 9.57. The molecule has 0 fully saturated rings. The first kappa shape index (κ1) is 26.9. The summed E-state index contributed by atoms with van der Waals surface area (Å²) in [5, 5.41) is 31.0. The molecule has 3 N–H and O–H groups in total. The molecule has 0 saturated heterocycles. The molecule has 0 bridgehead atoms. The summed E-state index contributed by atoms with van der Waals surface area (Å²) < 4.78 is 6.59. The molecule has 1 unspecified atom stereocenters. The van der Waals surface area contributed by atoms with E-state index in [1.54, 1.807) is 6.07 Å². The molecule has 188 valence electrons. The smallest absolute Gasteiger partial charge is 0.152 e. The molecule has 0 aliphatic heterocycles. The van der Waals surface area contributed by atoms with Crippen molar-refractivity contribution in [3.8, 4) is 16.9 Å². The van der Waals surface area contributed by atoms with Crippen LogP contribution in [0.5, 0.6) is 5.75 Å². The quantitative estimate of drug-likeness (QED) is 0.288. The van der Waals surface area contributed by atoms with Gasteiger partial charge in [-0.15, -0.1) is 0 Å². The van der Waals surface area contributed by atoms with Crippen LogP contribution in [0.15, 0.2) is 60.7 Å². The van der Waals surface area contributed by atoms with Crippen LogP contribution in [0.2, 0.25) is 0 Å². The number of aryl methyl sites for hydroxylation is 1. The predicted molar refractivity (Wildman–Crippen MR) is 143 cm³/mol. The lowest BCUT2D eigenvalue weighted by molar-refractivity contribution is -0.0694. The topological polar surface area (TPSA) is 69.9 Å². The van der Waals surface area contributed by atoms with Gasteiger partial charge in [-0.05, 0) is 82.3 Å². The molecule has 0 heterocycles. The van der Waals surface area contributed by atoms with Gasteiger partial charge >= 0.3 is 0 Å². The number of hydrogen-bond donors (Lipinski definition) is 3. The summed E-state index contributed by atoms with van der Waals surface area (Å²) >= 11 is 0. The summed E-state index contributed by atoms with van der Waals surface area (Å²) in [6, 6.07) is 20.2. The van der Waals surface area contributed by atoms with Gasteiger partial charge < -0.3 is 20.1 Å². The van der Waals surface area contributed by atoms with Gasteiger partial charge in [-0.2, -0.15) is 0 Å². The number of rotatable bonds is 11. The van der Waals surface area contributed by atoms with E-state index in [1.165, 1.54) is 16.7 Å². The monoisotopic (exact) mass is 476 g/mol. The van der Waals surface area contributed by atoms with E-state index >= 15 is 0 Å². The summed E-state index contributed by atoms with van der Waals surface area (Å²) in [6.07, 6.45) is 1.30. The van der Waals surface area contributed by atoms with E-state index in [1.807, 2.05) is 32.0 Å². The van der Waals surface area contributed by atoms with Crippen molar-refractivity contribution in [2.45, 2.75) is 84.7 Å². The molecule has 0 spiro atoms. The summed E-state index contributed by atoms with van der Waals surface area (Å²) in [6.45, 7) is 10.2. The first-order valence-electron chi connectivity index (χ1n) is 12.8. The average molecular weight is 477 g/mol. The van der Waals surface area contributed by atoms with Crippen LogP contribution < -0.4 is 4.74 Å². The Morgan fingerprint density at radius 1 is 0.771 bits per heavy atom. The van der Waals surface area contributed by atoms with Gasteiger partial charge in [-0.3, -0.25) is 0 Å². The maximum atomic E-state index is 11.6. The molecule has 1 atom stereocenters. The van der Waals surface area contributed by atoms with E-state index in [9.17, 15) is 15.3 Å². The average Bonchev–Trinajstić information content (AvgIpc) is 2.90. The Kier molecular flexibility index (Phi) is 9.12. The van der Waals surface area contributed by atoms with E-state index in [0.29, 0.717) is 35.6 Å². The van der Waals surface area contributed by atoms with Crippen LogP contribution in [-0.2, 0) is 19.6 Å².